The number of hydrogen-bond acceptors (Lipinski definition) is 2. The van der Waals surface area contributed by atoms with E-state index < -0.39 is 0 Å². The second kappa shape index (κ2) is 7.43. The van der Waals surface area contributed by atoms with Gasteiger partial charge in [0.2, 0.25) is 0 Å². The van der Waals surface area contributed by atoms with E-state index in [1.165, 1.54) is 38.5 Å². The maximum absolute atomic E-state index is 6.35. The molecule has 4 heteroatoms. The van der Waals surface area contributed by atoms with E-state index in [0.29, 0.717) is 17.4 Å². The summed E-state index contributed by atoms with van der Waals surface area (Å²) < 4.78 is 6.19. The Bertz CT molecular complexity index is 940. The zero-order chi connectivity index (χ0) is 21.0. The normalized spacial score (nSPS) is 34.3. The fourth-order valence-corrected chi connectivity index (χ4v) is 7.95. The Morgan fingerprint density at radius 1 is 0.933 bits per heavy atom. The molecular formula is C26H31Cl2NO. The summed E-state index contributed by atoms with van der Waals surface area (Å²) in [5.74, 6) is 1.77. The monoisotopic (exact) mass is 443 g/mol. The molecule has 0 aliphatic heterocycles. The third kappa shape index (κ3) is 4.11. The van der Waals surface area contributed by atoms with Crippen LogP contribution >= 0.6 is 23.2 Å². The van der Waals surface area contributed by atoms with Crippen molar-refractivity contribution in [1.29, 1.82) is 0 Å². The fraction of sp³-hybridized carbons (Fsp3) is 0.538. The van der Waals surface area contributed by atoms with E-state index in [1.54, 1.807) is 0 Å². The highest BCUT2D eigenvalue weighted by Crippen LogP contribution is 2.66. The first kappa shape index (κ1) is 20.7. The van der Waals surface area contributed by atoms with Crippen LogP contribution in [0.1, 0.15) is 63.5 Å². The van der Waals surface area contributed by atoms with Gasteiger partial charge in [-0.3, -0.25) is 0 Å². The highest BCUT2D eigenvalue weighted by Gasteiger charge is 2.59. The first-order chi connectivity index (χ1) is 14.2. The van der Waals surface area contributed by atoms with E-state index in [9.17, 15) is 0 Å². The van der Waals surface area contributed by atoms with Crippen molar-refractivity contribution in [1.82, 2.24) is 5.32 Å². The van der Waals surface area contributed by atoms with Gasteiger partial charge in [0.1, 0.15) is 12.4 Å². The molecule has 4 bridgehead atoms. The lowest BCUT2D eigenvalue weighted by molar-refractivity contribution is -0.118. The molecule has 4 saturated carbocycles. The van der Waals surface area contributed by atoms with E-state index in [-0.39, 0.29) is 5.54 Å². The van der Waals surface area contributed by atoms with Gasteiger partial charge in [0.05, 0.1) is 0 Å². The molecule has 1 N–H and O–H groups in total. The first-order valence-corrected chi connectivity index (χ1v) is 11.9. The van der Waals surface area contributed by atoms with Crippen LogP contribution in [-0.2, 0) is 13.2 Å². The number of benzene rings is 2. The highest BCUT2D eigenvalue weighted by molar-refractivity contribution is 6.30. The lowest BCUT2D eigenvalue weighted by Gasteiger charge is -2.65. The number of nitrogens with one attached hydrogen (secondary N) is 1. The molecule has 6 rings (SSSR count). The highest BCUT2D eigenvalue weighted by atomic mass is 35.5. The lowest BCUT2D eigenvalue weighted by Crippen LogP contribution is -2.63. The summed E-state index contributed by atoms with van der Waals surface area (Å²) in [4.78, 5) is 0. The fourth-order valence-electron chi connectivity index (χ4n) is 7.54. The molecule has 2 unspecified atom stereocenters. The third-order valence-electron chi connectivity index (χ3n) is 7.59. The Morgan fingerprint density at radius 2 is 1.67 bits per heavy atom. The zero-order valence-corrected chi connectivity index (χ0v) is 19.5. The Hall–Kier alpha value is -1.22. The van der Waals surface area contributed by atoms with Crippen LogP contribution in [0.2, 0.25) is 10.0 Å². The number of halogens is 2. The van der Waals surface area contributed by atoms with Gasteiger partial charge in [0.25, 0.3) is 0 Å². The van der Waals surface area contributed by atoms with Crippen molar-refractivity contribution in [2.24, 2.45) is 16.7 Å². The number of ether oxygens (including phenoxy) is 1. The lowest BCUT2D eigenvalue weighted by atomic mass is 9.43. The van der Waals surface area contributed by atoms with Gasteiger partial charge in [-0.15, -0.1) is 0 Å². The average Bonchev–Trinajstić information content (AvgIpc) is 2.63. The van der Waals surface area contributed by atoms with Crippen molar-refractivity contribution in [2.75, 3.05) is 0 Å². The molecule has 0 spiro atoms. The van der Waals surface area contributed by atoms with Crippen molar-refractivity contribution in [3.05, 3.63) is 63.6 Å². The van der Waals surface area contributed by atoms with Crippen LogP contribution in [0.25, 0.3) is 0 Å². The molecule has 4 fully saturated rings. The topological polar surface area (TPSA) is 21.3 Å². The average molecular weight is 444 g/mol. The van der Waals surface area contributed by atoms with Crippen molar-refractivity contribution in [3.8, 4) is 5.75 Å². The van der Waals surface area contributed by atoms with E-state index in [0.717, 1.165) is 39.4 Å². The van der Waals surface area contributed by atoms with E-state index in [1.807, 2.05) is 42.5 Å². The van der Waals surface area contributed by atoms with Crippen molar-refractivity contribution in [3.63, 3.8) is 0 Å². The SMILES string of the molecule is C[C@]12CC3CC(NCc4cc(Cl)ccc4OCc4cccc(Cl)c4)(C1)C[C@@](C)(C3)C2. The van der Waals surface area contributed by atoms with Crippen LogP contribution in [0.4, 0.5) is 0 Å². The molecule has 0 heterocycles. The zero-order valence-electron chi connectivity index (χ0n) is 17.9. The van der Waals surface area contributed by atoms with E-state index >= 15 is 0 Å². The maximum Gasteiger partial charge on any atom is 0.124 e. The van der Waals surface area contributed by atoms with Crippen molar-refractivity contribution in [2.45, 2.75) is 71.1 Å². The second-order valence-corrected chi connectivity index (χ2v) is 11.8. The minimum atomic E-state index is 0.259. The van der Waals surface area contributed by atoms with Gasteiger partial charge < -0.3 is 10.1 Å². The summed E-state index contributed by atoms with van der Waals surface area (Å²) in [6.45, 7) is 6.33. The third-order valence-corrected chi connectivity index (χ3v) is 8.06. The Labute approximate surface area is 190 Å². The molecule has 2 aromatic rings. The molecule has 4 aliphatic carbocycles. The minimum Gasteiger partial charge on any atom is -0.489 e. The number of rotatable bonds is 6. The molecule has 30 heavy (non-hydrogen) atoms. The van der Waals surface area contributed by atoms with Crippen LogP contribution in [-0.4, -0.2) is 5.54 Å². The predicted octanol–water partition coefficient (Wildman–Crippen LogP) is 7.41. The van der Waals surface area contributed by atoms with Gasteiger partial charge in [-0.05, 0) is 91.2 Å². The second-order valence-electron chi connectivity index (χ2n) is 10.9. The van der Waals surface area contributed by atoms with Crippen LogP contribution in [0.3, 0.4) is 0 Å². The smallest absolute Gasteiger partial charge is 0.124 e. The van der Waals surface area contributed by atoms with Crippen LogP contribution in [0, 0.1) is 16.7 Å². The van der Waals surface area contributed by atoms with Crippen molar-refractivity contribution >= 4 is 23.2 Å². The molecule has 0 aromatic heterocycles. The summed E-state index contributed by atoms with van der Waals surface area (Å²) in [5.41, 5.74) is 3.46. The molecule has 160 valence electrons. The molecule has 4 atom stereocenters. The molecule has 2 nitrogen and oxygen atoms in total. The van der Waals surface area contributed by atoms with E-state index in [4.69, 9.17) is 27.9 Å². The Kier molecular flexibility index (Phi) is 5.12. The summed E-state index contributed by atoms with van der Waals surface area (Å²) in [6.07, 6.45) is 8.13. The minimum absolute atomic E-state index is 0.259. The van der Waals surface area contributed by atoms with Gasteiger partial charge in [-0.2, -0.15) is 0 Å². The van der Waals surface area contributed by atoms with Crippen LogP contribution in [0.5, 0.6) is 5.75 Å². The maximum atomic E-state index is 6.35. The molecule has 2 aromatic carbocycles. The summed E-state index contributed by atoms with van der Waals surface area (Å²) in [6, 6.07) is 13.8. The molecule has 0 radical (unpaired) electrons. The van der Waals surface area contributed by atoms with Gasteiger partial charge in [-0.1, -0.05) is 49.2 Å². The van der Waals surface area contributed by atoms with Gasteiger partial charge in [0, 0.05) is 27.7 Å². The van der Waals surface area contributed by atoms with Gasteiger partial charge >= 0.3 is 0 Å². The van der Waals surface area contributed by atoms with Crippen molar-refractivity contribution < 1.29 is 4.74 Å². The summed E-state index contributed by atoms with van der Waals surface area (Å²) >= 11 is 12.5. The molecule has 4 aliphatic rings. The molecule has 0 saturated heterocycles. The van der Waals surface area contributed by atoms with Crippen LogP contribution in [0.15, 0.2) is 42.5 Å². The Balaban J connectivity index is 1.32. The predicted molar refractivity (Wildman–Crippen MR) is 124 cm³/mol. The van der Waals surface area contributed by atoms with Crippen LogP contribution < -0.4 is 10.1 Å². The first-order valence-electron chi connectivity index (χ1n) is 11.1. The molecular weight excluding hydrogens is 413 g/mol. The largest absolute Gasteiger partial charge is 0.489 e. The number of hydrogen-bond donors (Lipinski definition) is 1. The quantitative estimate of drug-likeness (QED) is 0.501. The molecule has 0 amide bonds. The van der Waals surface area contributed by atoms with E-state index in [2.05, 4.69) is 19.2 Å². The van der Waals surface area contributed by atoms with Gasteiger partial charge in [0.15, 0.2) is 0 Å². The summed E-state index contributed by atoms with van der Waals surface area (Å²) in [5, 5.41) is 5.50. The van der Waals surface area contributed by atoms with Gasteiger partial charge in [-0.25, -0.2) is 0 Å². The standard InChI is InChI=1S/C26H31Cl2NO/c1-24-10-19-11-25(2,15-24)17-26(12-19,16-24)29-13-20-9-22(28)6-7-23(20)30-14-18-4-3-5-21(27)8-18/h3-9,19,29H,10-17H2,1-2H3/t19?,24-,25+,26?. The Morgan fingerprint density at radius 3 is 2.37 bits per heavy atom. The summed E-state index contributed by atoms with van der Waals surface area (Å²) in [7, 11) is 0.